The SMILES string of the molecule is COC(=O)N[C@H](C(=O)N1CCC[C@H]1c1ncc(-c2ccc(-c3ccc(-c4ccc5nc([C@@H]6CCCN6)[nH]c5c4)c4c3CC3(CCCC3)C4)nc2)[nH]1)C(C)C. The zero-order valence-corrected chi connectivity index (χ0v) is 31.5. The first-order valence-electron chi connectivity index (χ1n) is 19.8. The molecule has 4 N–H and O–H groups in total. The van der Waals surface area contributed by atoms with Crippen LogP contribution in [0.5, 0.6) is 0 Å². The molecule has 2 aliphatic heterocycles. The lowest BCUT2D eigenvalue weighted by Crippen LogP contribution is -2.51. The van der Waals surface area contributed by atoms with Crippen molar-refractivity contribution in [2.75, 3.05) is 20.2 Å². The number of ether oxygens (including phenoxy) is 1. The number of carbonyl (C=O) groups excluding carboxylic acids is 2. The number of nitrogens with zero attached hydrogens (tertiary/aromatic N) is 4. The van der Waals surface area contributed by atoms with Gasteiger partial charge in [-0.15, -0.1) is 0 Å². The van der Waals surface area contributed by atoms with Crippen molar-refractivity contribution in [3.05, 3.63) is 77.6 Å². The van der Waals surface area contributed by atoms with Gasteiger partial charge in [0.1, 0.15) is 17.7 Å². The highest BCUT2D eigenvalue weighted by Gasteiger charge is 2.42. The second-order valence-corrected chi connectivity index (χ2v) is 16.3. The van der Waals surface area contributed by atoms with E-state index in [0.717, 1.165) is 78.3 Å². The molecule has 1 spiro atoms. The number of nitrogens with one attached hydrogen (secondary N) is 4. The molecule has 4 aliphatic rings. The van der Waals surface area contributed by atoms with E-state index >= 15 is 0 Å². The Hall–Kier alpha value is -5.03. The highest BCUT2D eigenvalue weighted by Crippen LogP contribution is 2.53. The fourth-order valence-corrected chi connectivity index (χ4v) is 9.74. The van der Waals surface area contributed by atoms with Crippen molar-refractivity contribution in [2.45, 2.75) is 96.2 Å². The minimum Gasteiger partial charge on any atom is -0.453 e. The van der Waals surface area contributed by atoms with Gasteiger partial charge in [-0.05, 0) is 116 Å². The molecular formula is C43H50N8O3. The predicted octanol–water partition coefficient (Wildman–Crippen LogP) is 7.81. The number of pyridine rings is 1. The molecule has 5 heterocycles. The van der Waals surface area contributed by atoms with E-state index in [2.05, 4.69) is 63.1 Å². The lowest BCUT2D eigenvalue weighted by molar-refractivity contribution is -0.135. The summed E-state index contributed by atoms with van der Waals surface area (Å²) < 4.78 is 4.79. The number of hydrogen-bond acceptors (Lipinski definition) is 7. The van der Waals surface area contributed by atoms with Crippen molar-refractivity contribution in [2.24, 2.45) is 11.3 Å². The summed E-state index contributed by atoms with van der Waals surface area (Å²) in [5, 5.41) is 6.30. The number of carbonyl (C=O) groups is 2. The topological polar surface area (TPSA) is 141 Å². The number of methoxy groups -OCH3 is 1. The highest BCUT2D eigenvalue weighted by molar-refractivity contribution is 5.87. The Kier molecular flexibility index (Phi) is 9.00. The molecule has 0 unspecified atom stereocenters. The maximum Gasteiger partial charge on any atom is 0.407 e. The van der Waals surface area contributed by atoms with Crippen LogP contribution < -0.4 is 10.6 Å². The average Bonchev–Trinajstić information content (AvgIpc) is 4.04. The predicted molar refractivity (Wildman–Crippen MR) is 208 cm³/mol. The van der Waals surface area contributed by atoms with Gasteiger partial charge in [0.25, 0.3) is 0 Å². The molecule has 9 rings (SSSR count). The molecule has 2 aliphatic carbocycles. The van der Waals surface area contributed by atoms with E-state index in [9.17, 15) is 9.59 Å². The van der Waals surface area contributed by atoms with Gasteiger partial charge in [0.15, 0.2) is 0 Å². The van der Waals surface area contributed by atoms with Crippen molar-refractivity contribution in [3.8, 4) is 33.6 Å². The van der Waals surface area contributed by atoms with Gasteiger partial charge in [0.05, 0.1) is 47.8 Å². The van der Waals surface area contributed by atoms with Crippen LogP contribution >= 0.6 is 0 Å². The van der Waals surface area contributed by atoms with Gasteiger partial charge in [-0.2, -0.15) is 0 Å². The first-order chi connectivity index (χ1) is 26.3. The zero-order valence-electron chi connectivity index (χ0n) is 31.5. The molecule has 3 atom stereocenters. The van der Waals surface area contributed by atoms with Crippen LogP contribution in [0.2, 0.25) is 0 Å². The highest BCUT2D eigenvalue weighted by atomic mass is 16.5. The maximum absolute atomic E-state index is 13.6. The number of imidazole rings is 2. The number of H-pyrrole nitrogens is 2. The van der Waals surface area contributed by atoms with E-state index in [1.807, 2.05) is 31.1 Å². The molecule has 280 valence electrons. The Morgan fingerprint density at radius 2 is 1.69 bits per heavy atom. The standard InChI is InChI=1S/C43H50N8O3/c1-25(2)38(50-42(53)54-3)41(52)51-19-7-9-37(51)40-46-24-36(49-40)27-11-14-32(45-23-27)29-13-12-28(30-21-43(22-31(29)30)16-4-5-17-43)26-10-15-33-35(20-26)48-39(47-33)34-8-6-18-44-34/h10-15,20,23-25,34,37-38,44H,4-9,16-19,21-22H2,1-3H3,(H,46,49)(H,47,48)(H,50,53)/t34-,37-,38-/m0/s1. The quantitative estimate of drug-likeness (QED) is 0.128. The van der Waals surface area contributed by atoms with Gasteiger partial charge >= 0.3 is 6.09 Å². The molecular weight excluding hydrogens is 677 g/mol. The monoisotopic (exact) mass is 726 g/mol. The smallest absolute Gasteiger partial charge is 0.407 e. The summed E-state index contributed by atoms with van der Waals surface area (Å²) in [6, 6.07) is 15.0. The van der Waals surface area contributed by atoms with Crippen molar-refractivity contribution >= 4 is 23.0 Å². The van der Waals surface area contributed by atoms with Gasteiger partial charge in [-0.25, -0.2) is 14.8 Å². The van der Waals surface area contributed by atoms with Gasteiger partial charge in [0, 0.05) is 23.9 Å². The number of aromatic nitrogens is 5. The van der Waals surface area contributed by atoms with E-state index in [0.29, 0.717) is 18.0 Å². The molecule has 2 aromatic carbocycles. The third-order valence-corrected chi connectivity index (χ3v) is 12.6. The van der Waals surface area contributed by atoms with Crippen LogP contribution in [0, 0.1) is 11.3 Å². The lowest BCUT2D eigenvalue weighted by atomic mass is 9.82. The Labute approximate surface area is 316 Å². The number of aromatic amines is 2. The normalized spacial score (nSPS) is 21.0. The van der Waals surface area contributed by atoms with E-state index in [1.165, 1.54) is 67.0 Å². The minimum atomic E-state index is -0.671. The second kappa shape index (κ2) is 14.0. The summed E-state index contributed by atoms with van der Waals surface area (Å²) in [7, 11) is 1.31. The maximum atomic E-state index is 13.6. The lowest BCUT2D eigenvalue weighted by Gasteiger charge is -2.30. The average molecular weight is 727 g/mol. The van der Waals surface area contributed by atoms with Crippen LogP contribution in [0.15, 0.2) is 54.9 Å². The van der Waals surface area contributed by atoms with Crippen LogP contribution in [-0.2, 0) is 22.4 Å². The Bertz CT molecular complexity index is 2190. The molecule has 2 amide bonds. The van der Waals surface area contributed by atoms with E-state index in [1.54, 1.807) is 0 Å². The molecule has 3 aromatic heterocycles. The molecule has 0 radical (unpaired) electrons. The van der Waals surface area contributed by atoms with Crippen LogP contribution in [0.4, 0.5) is 4.79 Å². The number of likely N-dealkylation sites (tertiary alicyclic amines) is 1. The zero-order chi connectivity index (χ0) is 37.0. The summed E-state index contributed by atoms with van der Waals surface area (Å²) in [6.45, 7) is 5.51. The molecule has 2 saturated heterocycles. The molecule has 54 heavy (non-hydrogen) atoms. The van der Waals surface area contributed by atoms with E-state index in [4.69, 9.17) is 19.7 Å². The molecule has 1 saturated carbocycles. The Morgan fingerprint density at radius 1 is 0.889 bits per heavy atom. The number of alkyl carbamates (subject to hydrolysis) is 1. The summed E-state index contributed by atoms with van der Waals surface area (Å²) in [6.07, 6.45) is 14.6. The van der Waals surface area contributed by atoms with Crippen molar-refractivity contribution in [1.29, 1.82) is 0 Å². The van der Waals surface area contributed by atoms with Gasteiger partial charge in [-0.1, -0.05) is 44.9 Å². The summed E-state index contributed by atoms with van der Waals surface area (Å²) in [4.78, 5) is 49.3. The Balaban J connectivity index is 0.981. The van der Waals surface area contributed by atoms with Crippen molar-refractivity contribution in [1.82, 2.24) is 40.5 Å². The van der Waals surface area contributed by atoms with Gasteiger partial charge in [0.2, 0.25) is 5.91 Å². The van der Waals surface area contributed by atoms with Crippen molar-refractivity contribution < 1.29 is 14.3 Å². The van der Waals surface area contributed by atoms with Gasteiger partial charge < -0.3 is 30.2 Å². The Morgan fingerprint density at radius 3 is 2.43 bits per heavy atom. The fraction of sp³-hybridized carbons (Fsp3) is 0.465. The third kappa shape index (κ3) is 6.26. The largest absolute Gasteiger partial charge is 0.453 e. The van der Waals surface area contributed by atoms with Crippen LogP contribution in [-0.4, -0.2) is 68.1 Å². The van der Waals surface area contributed by atoms with Gasteiger partial charge in [-0.3, -0.25) is 9.78 Å². The first kappa shape index (κ1) is 34.7. The third-order valence-electron chi connectivity index (χ3n) is 12.6. The van der Waals surface area contributed by atoms with E-state index < -0.39 is 12.1 Å². The number of hydrogen-bond donors (Lipinski definition) is 4. The summed E-state index contributed by atoms with van der Waals surface area (Å²) in [5.74, 6) is 1.59. The molecule has 11 nitrogen and oxygen atoms in total. The second-order valence-electron chi connectivity index (χ2n) is 16.3. The number of fused-ring (bicyclic) bond motifs is 2. The number of amides is 2. The summed E-state index contributed by atoms with van der Waals surface area (Å²) in [5.41, 5.74) is 12.0. The number of benzene rings is 2. The van der Waals surface area contributed by atoms with Crippen LogP contribution in [0.3, 0.4) is 0 Å². The molecule has 5 aromatic rings. The van der Waals surface area contributed by atoms with E-state index in [-0.39, 0.29) is 17.9 Å². The van der Waals surface area contributed by atoms with Crippen LogP contribution in [0.1, 0.15) is 100 Å². The molecule has 0 bridgehead atoms. The molecule has 3 fully saturated rings. The number of rotatable bonds is 8. The van der Waals surface area contributed by atoms with Crippen LogP contribution in [0.25, 0.3) is 44.7 Å². The van der Waals surface area contributed by atoms with Crippen molar-refractivity contribution in [3.63, 3.8) is 0 Å². The summed E-state index contributed by atoms with van der Waals surface area (Å²) >= 11 is 0. The minimum absolute atomic E-state index is 0.0884. The first-order valence-corrected chi connectivity index (χ1v) is 19.8. The molecule has 11 heteroatoms. The fourth-order valence-electron chi connectivity index (χ4n) is 9.74.